The van der Waals surface area contributed by atoms with Crippen molar-refractivity contribution in [3.05, 3.63) is 59.7 Å². The Labute approximate surface area is 99.3 Å². The molecule has 3 heteroatoms. The van der Waals surface area contributed by atoms with Crippen LogP contribution in [0.3, 0.4) is 0 Å². The van der Waals surface area contributed by atoms with E-state index in [1.54, 1.807) is 24.4 Å². The smallest absolute Gasteiger partial charge is 0.142 e. The third-order valence-electron chi connectivity index (χ3n) is 2.30. The van der Waals surface area contributed by atoms with Gasteiger partial charge in [-0.15, -0.1) is 0 Å². The van der Waals surface area contributed by atoms with Crippen molar-refractivity contribution in [3.8, 4) is 11.8 Å². The summed E-state index contributed by atoms with van der Waals surface area (Å²) in [5.41, 5.74) is 1.59. The second-order valence-electron chi connectivity index (χ2n) is 3.45. The van der Waals surface area contributed by atoms with Crippen molar-refractivity contribution in [2.45, 2.75) is 0 Å². The first-order chi connectivity index (χ1) is 8.31. The largest absolute Gasteiger partial charge is 0.506 e. The van der Waals surface area contributed by atoms with Crippen molar-refractivity contribution in [2.75, 3.05) is 0 Å². The molecular formula is C14H10N2O. The first kappa shape index (κ1) is 10.9. The minimum atomic E-state index is -0.0327. The molecule has 82 valence electrons. The number of nitriles is 1. The van der Waals surface area contributed by atoms with Crippen LogP contribution in [0.1, 0.15) is 11.1 Å². The maximum Gasteiger partial charge on any atom is 0.142 e. The summed E-state index contributed by atoms with van der Waals surface area (Å²) in [4.78, 5) is 4.22. The van der Waals surface area contributed by atoms with Crippen LogP contribution in [0.15, 0.2) is 53.5 Å². The maximum absolute atomic E-state index is 9.75. The van der Waals surface area contributed by atoms with Gasteiger partial charge in [-0.1, -0.05) is 24.3 Å². The summed E-state index contributed by atoms with van der Waals surface area (Å²) in [5.74, 6) is -0.0327. The topological polar surface area (TPSA) is 56.4 Å². The fourth-order valence-corrected chi connectivity index (χ4v) is 1.41. The zero-order valence-corrected chi connectivity index (χ0v) is 9.04. The number of hydrogen-bond donors (Lipinski definition) is 1. The number of phenolic OH excluding ortho intramolecular Hbond substituents is 1. The van der Waals surface area contributed by atoms with Crippen LogP contribution in [0.2, 0.25) is 0 Å². The van der Waals surface area contributed by atoms with Gasteiger partial charge >= 0.3 is 0 Å². The van der Waals surface area contributed by atoms with Gasteiger partial charge in [0.1, 0.15) is 11.8 Å². The number of aliphatic imine (C=N–C) groups is 1. The zero-order valence-electron chi connectivity index (χ0n) is 9.04. The summed E-state index contributed by atoms with van der Waals surface area (Å²) < 4.78 is 0. The van der Waals surface area contributed by atoms with Crippen LogP contribution >= 0.6 is 0 Å². The van der Waals surface area contributed by atoms with Gasteiger partial charge in [0, 0.05) is 11.8 Å². The molecule has 0 unspecified atom stereocenters. The van der Waals surface area contributed by atoms with Crippen LogP contribution in [0, 0.1) is 11.3 Å². The second-order valence-corrected chi connectivity index (χ2v) is 3.45. The Balaban J connectivity index is 2.32. The molecule has 0 spiro atoms. The van der Waals surface area contributed by atoms with E-state index in [9.17, 15) is 5.11 Å². The minimum Gasteiger partial charge on any atom is -0.506 e. The molecule has 1 N–H and O–H groups in total. The monoisotopic (exact) mass is 222 g/mol. The van der Waals surface area contributed by atoms with E-state index in [2.05, 4.69) is 4.99 Å². The van der Waals surface area contributed by atoms with Crippen molar-refractivity contribution < 1.29 is 5.11 Å². The van der Waals surface area contributed by atoms with Crippen molar-refractivity contribution in [3.63, 3.8) is 0 Å². The Morgan fingerprint density at radius 3 is 2.53 bits per heavy atom. The highest BCUT2D eigenvalue weighted by molar-refractivity contribution is 5.86. The van der Waals surface area contributed by atoms with Crippen LogP contribution < -0.4 is 0 Å². The summed E-state index contributed by atoms with van der Waals surface area (Å²) in [6.07, 6.45) is 1.55. The highest BCUT2D eigenvalue weighted by atomic mass is 16.3. The number of para-hydroxylation sites is 2. The molecule has 0 aromatic heterocycles. The Morgan fingerprint density at radius 2 is 1.82 bits per heavy atom. The lowest BCUT2D eigenvalue weighted by Gasteiger charge is -1.99. The molecule has 17 heavy (non-hydrogen) atoms. The molecule has 0 aliphatic rings. The van der Waals surface area contributed by atoms with Crippen LogP contribution in [0.25, 0.3) is 0 Å². The SMILES string of the molecule is N#Cc1cccc(/C=N/c2ccccc2)c1O. The van der Waals surface area contributed by atoms with Gasteiger partial charge in [0.05, 0.1) is 11.3 Å². The van der Waals surface area contributed by atoms with Gasteiger partial charge in [0.25, 0.3) is 0 Å². The van der Waals surface area contributed by atoms with Gasteiger partial charge < -0.3 is 5.11 Å². The molecule has 2 aromatic rings. The molecular weight excluding hydrogens is 212 g/mol. The molecule has 2 rings (SSSR count). The predicted molar refractivity (Wildman–Crippen MR) is 66.5 cm³/mol. The normalized spacial score (nSPS) is 10.3. The van der Waals surface area contributed by atoms with E-state index in [4.69, 9.17) is 5.26 Å². The van der Waals surface area contributed by atoms with Gasteiger partial charge in [-0.05, 0) is 24.3 Å². The Bertz CT molecular complexity index is 583. The van der Waals surface area contributed by atoms with Crippen molar-refractivity contribution in [1.82, 2.24) is 0 Å². The molecule has 3 nitrogen and oxygen atoms in total. The van der Waals surface area contributed by atoms with Gasteiger partial charge in [-0.3, -0.25) is 4.99 Å². The molecule has 0 aliphatic carbocycles. The van der Waals surface area contributed by atoms with Crippen LogP contribution in [-0.2, 0) is 0 Å². The first-order valence-electron chi connectivity index (χ1n) is 5.12. The van der Waals surface area contributed by atoms with Gasteiger partial charge in [-0.25, -0.2) is 0 Å². The lowest BCUT2D eigenvalue weighted by atomic mass is 10.1. The van der Waals surface area contributed by atoms with Gasteiger partial charge in [0.2, 0.25) is 0 Å². The molecule has 0 amide bonds. The number of phenols is 1. The molecule has 0 heterocycles. The van der Waals surface area contributed by atoms with E-state index in [1.165, 1.54) is 0 Å². The Morgan fingerprint density at radius 1 is 1.06 bits per heavy atom. The lowest BCUT2D eigenvalue weighted by Crippen LogP contribution is -1.85. The van der Waals surface area contributed by atoms with E-state index in [0.717, 1.165) is 5.69 Å². The molecule has 0 aliphatic heterocycles. The maximum atomic E-state index is 9.75. The summed E-state index contributed by atoms with van der Waals surface area (Å²) in [5, 5.41) is 18.5. The summed E-state index contributed by atoms with van der Waals surface area (Å²) in [7, 11) is 0. The van der Waals surface area contributed by atoms with E-state index >= 15 is 0 Å². The number of hydrogen-bond acceptors (Lipinski definition) is 3. The van der Waals surface area contributed by atoms with E-state index in [1.807, 2.05) is 36.4 Å². The second kappa shape index (κ2) is 4.95. The molecule has 0 saturated carbocycles. The summed E-state index contributed by atoms with van der Waals surface area (Å²) >= 11 is 0. The van der Waals surface area contributed by atoms with Crippen LogP contribution in [0.5, 0.6) is 5.75 Å². The Hall–Kier alpha value is -2.60. The third kappa shape index (κ3) is 2.50. The van der Waals surface area contributed by atoms with Gasteiger partial charge in [-0.2, -0.15) is 5.26 Å². The summed E-state index contributed by atoms with van der Waals surface area (Å²) in [6, 6.07) is 16.3. The molecule has 0 atom stereocenters. The standard InChI is InChI=1S/C14H10N2O/c15-9-11-5-4-6-12(14(11)17)10-16-13-7-2-1-3-8-13/h1-8,10,17H/b16-10+. The fourth-order valence-electron chi connectivity index (χ4n) is 1.41. The predicted octanol–water partition coefficient (Wildman–Crippen LogP) is 3.01. The average molecular weight is 222 g/mol. The highest BCUT2D eigenvalue weighted by Crippen LogP contribution is 2.20. The van der Waals surface area contributed by atoms with E-state index in [0.29, 0.717) is 5.56 Å². The molecule has 0 radical (unpaired) electrons. The van der Waals surface area contributed by atoms with E-state index in [-0.39, 0.29) is 11.3 Å². The number of benzene rings is 2. The molecule has 0 bridgehead atoms. The van der Waals surface area contributed by atoms with Crippen LogP contribution in [-0.4, -0.2) is 11.3 Å². The van der Waals surface area contributed by atoms with Crippen LogP contribution in [0.4, 0.5) is 5.69 Å². The summed E-state index contributed by atoms with van der Waals surface area (Å²) in [6.45, 7) is 0. The first-order valence-corrected chi connectivity index (χ1v) is 5.12. The Kier molecular flexibility index (Phi) is 3.18. The fraction of sp³-hybridized carbons (Fsp3) is 0. The van der Waals surface area contributed by atoms with Crippen molar-refractivity contribution in [2.24, 2.45) is 4.99 Å². The molecule has 2 aromatic carbocycles. The van der Waals surface area contributed by atoms with Gasteiger partial charge in [0.15, 0.2) is 0 Å². The molecule has 0 saturated heterocycles. The molecule has 0 fully saturated rings. The average Bonchev–Trinajstić information content (AvgIpc) is 2.39. The van der Waals surface area contributed by atoms with Crippen molar-refractivity contribution >= 4 is 11.9 Å². The lowest BCUT2D eigenvalue weighted by molar-refractivity contribution is 0.472. The number of nitrogens with zero attached hydrogens (tertiary/aromatic N) is 2. The highest BCUT2D eigenvalue weighted by Gasteiger charge is 2.03. The van der Waals surface area contributed by atoms with E-state index < -0.39 is 0 Å². The third-order valence-corrected chi connectivity index (χ3v) is 2.30. The zero-order chi connectivity index (χ0) is 12.1. The number of rotatable bonds is 2. The minimum absolute atomic E-state index is 0.0327. The van der Waals surface area contributed by atoms with Crippen molar-refractivity contribution in [1.29, 1.82) is 5.26 Å². The number of aromatic hydroxyl groups is 1. The quantitative estimate of drug-likeness (QED) is 0.794.